The Labute approximate surface area is 67.2 Å². The van der Waals surface area contributed by atoms with Crippen LogP contribution >= 0.6 is 0 Å². The minimum atomic E-state index is 0.597. The van der Waals surface area contributed by atoms with Gasteiger partial charge in [0, 0.05) is 12.1 Å². The van der Waals surface area contributed by atoms with E-state index < -0.39 is 0 Å². The first kappa shape index (κ1) is 7.84. The van der Waals surface area contributed by atoms with Crippen LogP contribution in [0.25, 0.3) is 0 Å². The molecule has 0 saturated heterocycles. The van der Waals surface area contributed by atoms with Crippen molar-refractivity contribution in [1.82, 2.24) is 0 Å². The maximum absolute atomic E-state index is 5.44. The third-order valence-corrected chi connectivity index (χ3v) is 1.46. The van der Waals surface area contributed by atoms with Crippen molar-refractivity contribution in [3.05, 3.63) is 35.4 Å². The topological polar surface area (TPSA) is 26.0 Å². The summed E-state index contributed by atoms with van der Waals surface area (Å²) in [5, 5.41) is 0. The zero-order valence-electron chi connectivity index (χ0n) is 6.59. The summed E-state index contributed by atoms with van der Waals surface area (Å²) in [6.07, 6.45) is 0. The van der Waals surface area contributed by atoms with Gasteiger partial charge in [0.25, 0.3) is 0 Å². The second kappa shape index (κ2) is 3.80. The molecule has 0 amide bonds. The summed E-state index contributed by atoms with van der Waals surface area (Å²) in [6, 6.07) is 7.97. The Morgan fingerprint density at radius 3 is 2.36 bits per heavy atom. The average Bonchev–Trinajstić information content (AvgIpc) is 2.07. The molecule has 1 nitrogen and oxygen atoms in total. The van der Waals surface area contributed by atoms with Crippen molar-refractivity contribution in [2.24, 2.45) is 5.73 Å². The molecule has 0 aliphatic rings. The fourth-order valence-electron chi connectivity index (χ4n) is 0.868. The molecular weight excluding hydrogens is 134 g/mol. The zero-order valence-corrected chi connectivity index (χ0v) is 6.59. The lowest BCUT2D eigenvalue weighted by atomic mass is 10.1. The van der Waals surface area contributed by atoms with Gasteiger partial charge in [0.2, 0.25) is 0 Å². The minimum Gasteiger partial charge on any atom is -0.326 e. The van der Waals surface area contributed by atoms with Crippen molar-refractivity contribution >= 4 is 0 Å². The lowest BCUT2D eigenvalue weighted by Crippen LogP contribution is -1.95. The first-order valence-corrected chi connectivity index (χ1v) is 3.58. The maximum atomic E-state index is 5.44. The van der Waals surface area contributed by atoms with Gasteiger partial charge in [-0.2, -0.15) is 0 Å². The van der Waals surface area contributed by atoms with Crippen LogP contribution in [0.3, 0.4) is 0 Å². The third-order valence-electron chi connectivity index (χ3n) is 1.46. The quantitative estimate of drug-likeness (QED) is 0.596. The summed E-state index contributed by atoms with van der Waals surface area (Å²) in [5.41, 5.74) is 7.63. The molecule has 0 aromatic heterocycles. The summed E-state index contributed by atoms with van der Waals surface area (Å²) in [6.45, 7) is 2.43. The first-order valence-electron chi connectivity index (χ1n) is 3.58. The molecule has 1 heteroatoms. The highest BCUT2D eigenvalue weighted by Gasteiger charge is 1.87. The molecule has 1 aromatic carbocycles. The molecule has 56 valence electrons. The lowest BCUT2D eigenvalue weighted by molar-refractivity contribution is 1.07. The molecule has 0 bridgehead atoms. The standard InChI is InChI=1S/C10H11N/c1-2-3-9-4-6-10(8-11)7-5-9/h4-7H,8,11H2,1H3. The van der Waals surface area contributed by atoms with Crippen LogP contribution in [0.15, 0.2) is 24.3 Å². The van der Waals surface area contributed by atoms with Crippen LogP contribution in [0.2, 0.25) is 0 Å². The molecule has 1 aromatic rings. The number of rotatable bonds is 1. The Hall–Kier alpha value is -1.26. The minimum absolute atomic E-state index is 0.597. The lowest BCUT2D eigenvalue weighted by Gasteiger charge is -1.94. The van der Waals surface area contributed by atoms with Crippen LogP contribution in [0, 0.1) is 11.8 Å². The molecular formula is C10H11N. The van der Waals surface area contributed by atoms with E-state index in [1.54, 1.807) is 0 Å². The summed E-state index contributed by atoms with van der Waals surface area (Å²) < 4.78 is 0. The number of benzene rings is 1. The van der Waals surface area contributed by atoms with Crippen LogP contribution in [0.5, 0.6) is 0 Å². The van der Waals surface area contributed by atoms with E-state index in [1.807, 2.05) is 31.2 Å². The van der Waals surface area contributed by atoms with Crippen molar-refractivity contribution in [3.8, 4) is 11.8 Å². The molecule has 11 heavy (non-hydrogen) atoms. The molecule has 0 fully saturated rings. The Kier molecular flexibility index (Phi) is 2.71. The molecule has 0 aliphatic heterocycles. The number of nitrogens with two attached hydrogens (primary N) is 1. The predicted molar refractivity (Wildman–Crippen MR) is 46.9 cm³/mol. The smallest absolute Gasteiger partial charge is 0.0245 e. The van der Waals surface area contributed by atoms with E-state index in [4.69, 9.17) is 5.73 Å². The molecule has 1 rings (SSSR count). The molecule has 2 N–H and O–H groups in total. The summed E-state index contributed by atoms with van der Waals surface area (Å²) in [5.74, 6) is 5.81. The molecule has 0 atom stereocenters. The van der Waals surface area contributed by atoms with E-state index in [0.29, 0.717) is 6.54 Å². The molecule has 0 aliphatic carbocycles. The van der Waals surface area contributed by atoms with Gasteiger partial charge < -0.3 is 5.73 Å². The van der Waals surface area contributed by atoms with Crippen LogP contribution in [-0.2, 0) is 6.54 Å². The fraction of sp³-hybridized carbons (Fsp3) is 0.200. The van der Waals surface area contributed by atoms with Gasteiger partial charge in [-0.25, -0.2) is 0 Å². The highest BCUT2D eigenvalue weighted by atomic mass is 14.5. The predicted octanol–water partition coefficient (Wildman–Crippen LogP) is 1.52. The summed E-state index contributed by atoms with van der Waals surface area (Å²) in [7, 11) is 0. The van der Waals surface area contributed by atoms with Gasteiger partial charge in [0.1, 0.15) is 0 Å². The van der Waals surface area contributed by atoms with Crippen molar-refractivity contribution in [2.75, 3.05) is 0 Å². The monoisotopic (exact) mass is 145 g/mol. The van der Waals surface area contributed by atoms with Gasteiger partial charge in [0.15, 0.2) is 0 Å². The Balaban J connectivity index is 2.88. The molecule has 0 spiro atoms. The van der Waals surface area contributed by atoms with Crippen LogP contribution in [0.1, 0.15) is 18.1 Å². The summed E-state index contributed by atoms with van der Waals surface area (Å²) in [4.78, 5) is 0. The average molecular weight is 145 g/mol. The second-order valence-electron chi connectivity index (χ2n) is 2.28. The van der Waals surface area contributed by atoms with Crippen molar-refractivity contribution in [1.29, 1.82) is 0 Å². The van der Waals surface area contributed by atoms with Crippen molar-refractivity contribution < 1.29 is 0 Å². The molecule has 0 saturated carbocycles. The Morgan fingerprint density at radius 2 is 1.91 bits per heavy atom. The van der Waals surface area contributed by atoms with Crippen LogP contribution in [0.4, 0.5) is 0 Å². The highest BCUT2D eigenvalue weighted by Crippen LogP contribution is 2.01. The zero-order chi connectivity index (χ0) is 8.10. The van der Waals surface area contributed by atoms with Gasteiger partial charge in [0.05, 0.1) is 0 Å². The molecule has 0 heterocycles. The Morgan fingerprint density at radius 1 is 1.27 bits per heavy atom. The molecule has 0 unspecified atom stereocenters. The van der Waals surface area contributed by atoms with E-state index in [2.05, 4.69) is 11.8 Å². The van der Waals surface area contributed by atoms with Crippen molar-refractivity contribution in [2.45, 2.75) is 13.5 Å². The van der Waals surface area contributed by atoms with Crippen molar-refractivity contribution in [3.63, 3.8) is 0 Å². The van der Waals surface area contributed by atoms with Gasteiger partial charge in [-0.3, -0.25) is 0 Å². The second-order valence-corrected chi connectivity index (χ2v) is 2.28. The number of hydrogen-bond donors (Lipinski definition) is 1. The largest absolute Gasteiger partial charge is 0.326 e. The summed E-state index contributed by atoms with van der Waals surface area (Å²) >= 11 is 0. The highest BCUT2D eigenvalue weighted by molar-refractivity contribution is 5.35. The van der Waals surface area contributed by atoms with Gasteiger partial charge in [-0.05, 0) is 24.6 Å². The van der Waals surface area contributed by atoms with E-state index in [0.717, 1.165) is 11.1 Å². The first-order chi connectivity index (χ1) is 5.36. The Bertz CT molecular complexity index is 274. The maximum Gasteiger partial charge on any atom is 0.0245 e. The van der Waals surface area contributed by atoms with E-state index >= 15 is 0 Å². The SMILES string of the molecule is CC#Cc1ccc(CN)cc1. The van der Waals surface area contributed by atoms with Crippen LogP contribution < -0.4 is 5.73 Å². The van der Waals surface area contributed by atoms with Gasteiger partial charge in [-0.1, -0.05) is 18.1 Å². The van der Waals surface area contributed by atoms with E-state index in [9.17, 15) is 0 Å². The normalized spacial score (nSPS) is 8.55. The van der Waals surface area contributed by atoms with E-state index in [-0.39, 0.29) is 0 Å². The molecule has 0 radical (unpaired) electrons. The fourth-order valence-corrected chi connectivity index (χ4v) is 0.868. The van der Waals surface area contributed by atoms with E-state index in [1.165, 1.54) is 0 Å². The van der Waals surface area contributed by atoms with Gasteiger partial charge in [-0.15, -0.1) is 5.92 Å². The van der Waals surface area contributed by atoms with Gasteiger partial charge >= 0.3 is 0 Å². The third kappa shape index (κ3) is 2.10. The number of hydrogen-bond acceptors (Lipinski definition) is 1. The van der Waals surface area contributed by atoms with Crippen LogP contribution in [-0.4, -0.2) is 0 Å².